The van der Waals surface area contributed by atoms with Gasteiger partial charge in [-0.25, -0.2) is 23.4 Å². The van der Waals surface area contributed by atoms with Crippen LogP contribution in [0.4, 0.5) is 5.69 Å². The number of aromatic nitrogens is 4. The molecule has 4 aromatic rings. The van der Waals surface area contributed by atoms with Crippen LogP contribution in [0.25, 0.3) is 5.82 Å². The number of nitrogens with zero attached hydrogens (tertiary/aromatic N) is 5. The maximum absolute atomic E-state index is 12.5. The lowest BCUT2D eigenvalue weighted by atomic mass is 10.2. The minimum Gasteiger partial charge on any atom is -0.439 e. The van der Waals surface area contributed by atoms with Crippen LogP contribution in [0.2, 0.25) is 0 Å². The zero-order chi connectivity index (χ0) is 21.8. The number of sulfonamides is 1. The van der Waals surface area contributed by atoms with Crippen LogP contribution in [-0.4, -0.2) is 27.9 Å². The predicted octanol–water partition coefficient (Wildman–Crippen LogP) is 3.44. The molecule has 0 unspecified atom stereocenters. The first kappa shape index (κ1) is 20.1. The van der Waals surface area contributed by atoms with Gasteiger partial charge in [0.15, 0.2) is 0 Å². The van der Waals surface area contributed by atoms with Gasteiger partial charge >= 0.3 is 0 Å². The fraction of sp³-hybridized carbons (Fsp3) is 0.0476. The lowest BCUT2D eigenvalue weighted by molar-refractivity contribution is 0.461. The molecular formula is C21H16N6O3S. The molecule has 0 spiro atoms. The van der Waals surface area contributed by atoms with Gasteiger partial charge in [0.25, 0.3) is 10.0 Å². The maximum Gasteiger partial charge on any atom is 0.261 e. The summed E-state index contributed by atoms with van der Waals surface area (Å²) in [6, 6.07) is 15.7. The normalized spacial score (nSPS) is 11.0. The van der Waals surface area contributed by atoms with Crippen LogP contribution in [0.1, 0.15) is 11.4 Å². The number of hydrogen-bond acceptors (Lipinski definition) is 7. The van der Waals surface area contributed by atoms with E-state index in [0.29, 0.717) is 28.7 Å². The molecule has 0 bridgehead atoms. The number of hydrogen-bond donors (Lipinski definition) is 1. The van der Waals surface area contributed by atoms with Crippen molar-refractivity contribution >= 4 is 15.7 Å². The van der Waals surface area contributed by atoms with Crippen molar-refractivity contribution in [3.63, 3.8) is 0 Å². The Balaban J connectivity index is 1.47. The quantitative estimate of drug-likeness (QED) is 0.495. The highest BCUT2D eigenvalue weighted by molar-refractivity contribution is 7.92. The molecule has 1 N–H and O–H groups in total. The zero-order valence-corrected chi connectivity index (χ0v) is 17.1. The minimum absolute atomic E-state index is 0.0649. The Morgan fingerprint density at radius 3 is 2.42 bits per heavy atom. The lowest BCUT2D eigenvalue weighted by Gasteiger charge is -2.10. The number of benzene rings is 2. The Bertz CT molecular complexity index is 1360. The summed E-state index contributed by atoms with van der Waals surface area (Å²) in [5.41, 5.74) is 0.755. The molecule has 2 aromatic heterocycles. The SMILES string of the molecule is Cc1nccn1-c1cc(Oc2ccc(NS(=O)(=O)c3ccc(C#N)cc3)cc2)ncn1. The van der Waals surface area contributed by atoms with Crippen molar-refractivity contribution in [1.29, 1.82) is 5.26 Å². The van der Waals surface area contributed by atoms with E-state index < -0.39 is 10.0 Å². The topological polar surface area (TPSA) is 123 Å². The molecule has 4 rings (SSSR count). The van der Waals surface area contributed by atoms with Crippen molar-refractivity contribution in [2.45, 2.75) is 11.8 Å². The van der Waals surface area contributed by atoms with Crippen molar-refractivity contribution in [2.75, 3.05) is 4.72 Å². The van der Waals surface area contributed by atoms with E-state index in [1.807, 2.05) is 13.0 Å². The van der Waals surface area contributed by atoms with E-state index >= 15 is 0 Å². The van der Waals surface area contributed by atoms with Crippen LogP contribution in [0.3, 0.4) is 0 Å². The highest BCUT2D eigenvalue weighted by Crippen LogP contribution is 2.24. The zero-order valence-electron chi connectivity index (χ0n) is 16.3. The van der Waals surface area contributed by atoms with Crippen molar-refractivity contribution < 1.29 is 13.2 Å². The van der Waals surface area contributed by atoms with Crippen LogP contribution >= 0.6 is 0 Å². The smallest absolute Gasteiger partial charge is 0.261 e. The van der Waals surface area contributed by atoms with Gasteiger partial charge in [0.2, 0.25) is 5.88 Å². The van der Waals surface area contributed by atoms with Gasteiger partial charge in [-0.2, -0.15) is 5.26 Å². The summed E-state index contributed by atoms with van der Waals surface area (Å²) in [5, 5.41) is 8.83. The van der Waals surface area contributed by atoms with Crippen LogP contribution in [0, 0.1) is 18.3 Å². The average Bonchev–Trinajstić information content (AvgIpc) is 3.21. The molecule has 0 saturated carbocycles. The highest BCUT2D eigenvalue weighted by Gasteiger charge is 2.14. The first-order chi connectivity index (χ1) is 14.9. The van der Waals surface area contributed by atoms with Crippen molar-refractivity contribution in [3.05, 3.63) is 84.7 Å². The molecule has 0 radical (unpaired) electrons. The standard InChI is InChI=1S/C21H16N6O3S/c1-15-23-10-11-27(15)20-12-21(25-14-24-20)30-18-6-4-17(5-7-18)26-31(28,29)19-8-2-16(13-22)3-9-19/h2-12,14,26H,1H3. The first-order valence-corrected chi connectivity index (χ1v) is 10.6. The molecule has 0 atom stereocenters. The molecule has 0 saturated heterocycles. The van der Waals surface area contributed by atoms with Crippen LogP contribution in [0.15, 0.2) is 78.2 Å². The third kappa shape index (κ3) is 4.52. The number of nitriles is 1. The summed E-state index contributed by atoms with van der Waals surface area (Å²) in [7, 11) is -3.77. The third-order valence-corrected chi connectivity index (χ3v) is 5.72. The van der Waals surface area contributed by atoms with Gasteiger partial charge in [0.05, 0.1) is 16.5 Å². The Morgan fingerprint density at radius 1 is 1.03 bits per heavy atom. The monoisotopic (exact) mass is 432 g/mol. The second-order valence-corrected chi connectivity index (χ2v) is 8.11. The van der Waals surface area contributed by atoms with E-state index in [9.17, 15) is 8.42 Å². The molecule has 0 aliphatic rings. The summed E-state index contributed by atoms with van der Waals surface area (Å²) in [6.07, 6.45) is 4.86. The maximum atomic E-state index is 12.5. The summed E-state index contributed by atoms with van der Waals surface area (Å²) in [5.74, 6) is 2.22. The molecule has 0 aliphatic heterocycles. The van der Waals surface area contributed by atoms with Crippen LogP contribution in [0.5, 0.6) is 11.6 Å². The van der Waals surface area contributed by atoms with Gasteiger partial charge in [-0.1, -0.05) is 0 Å². The predicted molar refractivity (Wildman–Crippen MR) is 112 cm³/mol. The summed E-state index contributed by atoms with van der Waals surface area (Å²) in [6.45, 7) is 1.86. The van der Waals surface area contributed by atoms with E-state index in [4.69, 9.17) is 10.00 Å². The van der Waals surface area contributed by atoms with Gasteiger partial charge in [-0.05, 0) is 55.5 Å². The third-order valence-electron chi connectivity index (χ3n) is 4.32. The average molecular weight is 432 g/mol. The molecule has 154 valence electrons. The van der Waals surface area contributed by atoms with Gasteiger partial charge in [-0.15, -0.1) is 0 Å². The van der Waals surface area contributed by atoms with E-state index in [1.165, 1.54) is 30.6 Å². The lowest BCUT2D eigenvalue weighted by Crippen LogP contribution is -2.12. The van der Waals surface area contributed by atoms with Gasteiger partial charge in [0, 0.05) is 24.1 Å². The molecule has 2 heterocycles. The highest BCUT2D eigenvalue weighted by atomic mass is 32.2. The van der Waals surface area contributed by atoms with Gasteiger partial charge < -0.3 is 4.74 Å². The summed E-state index contributed by atoms with van der Waals surface area (Å²) in [4.78, 5) is 12.6. The second-order valence-electron chi connectivity index (χ2n) is 6.43. The minimum atomic E-state index is -3.77. The Kier molecular flexibility index (Phi) is 5.34. The largest absolute Gasteiger partial charge is 0.439 e. The summed E-state index contributed by atoms with van der Waals surface area (Å²) >= 11 is 0. The molecule has 10 heteroatoms. The van der Waals surface area contributed by atoms with Gasteiger partial charge in [0.1, 0.15) is 23.7 Å². The number of nitrogens with one attached hydrogen (secondary N) is 1. The van der Waals surface area contributed by atoms with Crippen molar-refractivity contribution in [3.8, 4) is 23.5 Å². The molecule has 9 nitrogen and oxygen atoms in total. The molecule has 0 aliphatic carbocycles. The van der Waals surface area contributed by atoms with E-state index in [0.717, 1.165) is 5.82 Å². The van der Waals surface area contributed by atoms with E-state index in [-0.39, 0.29) is 4.90 Å². The Labute approximate surface area is 178 Å². The fourth-order valence-electron chi connectivity index (χ4n) is 2.77. The molecule has 31 heavy (non-hydrogen) atoms. The van der Waals surface area contributed by atoms with Crippen molar-refractivity contribution in [1.82, 2.24) is 19.5 Å². The molecule has 0 fully saturated rings. The number of ether oxygens (including phenoxy) is 1. The first-order valence-electron chi connectivity index (χ1n) is 9.08. The number of aryl methyl sites for hydroxylation is 1. The number of imidazole rings is 1. The Hall–Kier alpha value is -4.23. The fourth-order valence-corrected chi connectivity index (χ4v) is 3.83. The van der Waals surface area contributed by atoms with Crippen LogP contribution < -0.4 is 9.46 Å². The Morgan fingerprint density at radius 2 is 1.77 bits per heavy atom. The number of rotatable bonds is 6. The van der Waals surface area contributed by atoms with E-state index in [2.05, 4.69) is 19.7 Å². The summed E-state index contributed by atoms with van der Waals surface area (Å²) < 4.78 is 35.1. The van der Waals surface area contributed by atoms with Gasteiger partial charge in [-0.3, -0.25) is 9.29 Å². The van der Waals surface area contributed by atoms with Crippen LogP contribution in [-0.2, 0) is 10.0 Å². The molecular weight excluding hydrogens is 416 g/mol. The molecule has 0 amide bonds. The second kappa shape index (κ2) is 8.25. The van der Waals surface area contributed by atoms with E-state index in [1.54, 1.807) is 47.3 Å². The number of anilines is 1. The molecule has 2 aromatic carbocycles. The van der Waals surface area contributed by atoms with Crippen molar-refractivity contribution in [2.24, 2.45) is 0 Å².